The molecule has 1 fully saturated rings. The molecule has 2 rings (SSSR count). The highest BCUT2D eigenvalue weighted by atomic mass is 19.1. The summed E-state index contributed by atoms with van der Waals surface area (Å²) >= 11 is 0. The number of halogens is 1. The third-order valence-corrected chi connectivity index (χ3v) is 3.92. The average Bonchev–Trinajstić information content (AvgIpc) is 2.38. The zero-order valence-corrected chi connectivity index (χ0v) is 12.0. The van der Waals surface area contributed by atoms with Gasteiger partial charge in [-0.2, -0.15) is 0 Å². The van der Waals surface area contributed by atoms with Crippen LogP contribution >= 0.6 is 0 Å². The predicted molar refractivity (Wildman–Crippen MR) is 76.2 cm³/mol. The maximum absolute atomic E-state index is 13.5. The molecule has 0 amide bonds. The standard InChI is InChI=1S/C14H21BFNO3/c1-14(20-2)4-3-5-17(10-14)9-11-6-12(15(18)19)8-13(16)7-11/h6-8,18-19H,3-5,9-10H2,1-2H3. The molecule has 1 atom stereocenters. The summed E-state index contributed by atoms with van der Waals surface area (Å²) in [5.41, 5.74) is 0.769. The number of piperidine rings is 1. The van der Waals surface area contributed by atoms with E-state index in [4.69, 9.17) is 14.8 Å². The van der Waals surface area contributed by atoms with Crippen LogP contribution in [-0.2, 0) is 11.3 Å². The summed E-state index contributed by atoms with van der Waals surface area (Å²) in [6, 6.07) is 4.21. The summed E-state index contributed by atoms with van der Waals surface area (Å²) in [5, 5.41) is 18.3. The smallest absolute Gasteiger partial charge is 0.423 e. The molecule has 1 aromatic carbocycles. The summed E-state index contributed by atoms with van der Waals surface area (Å²) in [7, 11) is 0.0707. The molecule has 0 aliphatic carbocycles. The Balaban J connectivity index is 2.10. The van der Waals surface area contributed by atoms with E-state index in [0.29, 0.717) is 6.54 Å². The molecule has 1 saturated heterocycles. The van der Waals surface area contributed by atoms with Gasteiger partial charge in [-0.15, -0.1) is 0 Å². The van der Waals surface area contributed by atoms with Crippen molar-refractivity contribution in [2.45, 2.75) is 31.9 Å². The highest BCUT2D eigenvalue weighted by Gasteiger charge is 2.30. The van der Waals surface area contributed by atoms with Crippen LogP contribution in [0.3, 0.4) is 0 Å². The predicted octanol–water partition coefficient (Wildman–Crippen LogP) is 0.506. The molecule has 1 aliphatic rings. The summed E-state index contributed by atoms with van der Waals surface area (Å²) < 4.78 is 19.0. The molecular weight excluding hydrogens is 260 g/mol. The summed E-state index contributed by atoms with van der Waals surface area (Å²) in [5.74, 6) is -0.447. The Morgan fingerprint density at radius 3 is 2.80 bits per heavy atom. The van der Waals surface area contributed by atoms with Crippen molar-refractivity contribution >= 4 is 12.6 Å². The number of hydrogen-bond donors (Lipinski definition) is 2. The number of ether oxygens (including phenoxy) is 1. The highest BCUT2D eigenvalue weighted by Crippen LogP contribution is 2.24. The Morgan fingerprint density at radius 2 is 2.15 bits per heavy atom. The molecule has 0 radical (unpaired) electrons. The monoisotopic (exact) mass is 281 g/mol. The largest absolute Gasteiger partial charge is 0.488 e. The molecule has 1 unspecified atom stereocenters. The molecule has 1 aromatic rings. The minimum absolute atomic E-state index is 0.162. The van der Waals surface area contributed by atoms with Crippen molar-refractivity contribution in [1.82, 2.24) is 4.90 Å². The molecule has 20 heavy (non-hydrogen) atoms. The van der Waals surface area contributed by atoms with E-state index in [9.17, 15) is 4.39 Å². The fourth-order valence-corrected chi connectivity index (χ4v) is 2.78. The molecule has 0 aromatic heterocycles. The van der Waals surface area contributed by atoms with Gasteiger partial charge in [0.1, 0.15) is 5.82 Å². The van der Waals surface area contributed by atoms with Crippen LogP contribution in [0.25, 0.3) is 0 Å². The van der Waals surface area contributed by atoms with Gasteiger partial charge in [0.15, 0.2) is 0 Å². The fourth-order valence-electron chi connectivity index (χ4n) is 2.78. The number of benzene rings is 1. The molecule has 0 bridgehead atoms. The summed E-state index contributed by atoms with van der Waals surface area (Å²) in [6.07, 6.45) is 2.05. The number of rotatable bonds is 4. The van der Waals surface area contributed by atoms with Crippen LogP contribution in [0.5, 0.6) is 0 Å². The Morgan fingerprint density at radius 1 is 1.40 bits per heavy atom. The van der Waals surface area contributed by atoms with E-state index >= 15 is 0 Å². The van der Waals surface area contributed by atoms with Crippen LogP contribution in [0.4, 0.5) is 4.39 Å². The average molecular weight is 281 g/mol. The zero-order valence-electron chi connectivity index (χ0n) is 12.0. The molecule has 2 N–H and O–H groups in total. The summed E-state index contributed by atoms with van der Waals surface area (Å²) in [6.45, 7) is 4.38. The lowest BCUT2D eigenvalue weighted by Crippen LogP contribution is -2.47. The van der Waals surface area contributed by atoms with Crippen LogP contribution in [0.15, 0.2) is 18.2 Å². The van der Waals surface area contributed by atoms with E-state index in [2.05, 4.69) is 11.8 Å². The maximum atomic E-state index is 13.5. The van der Waals surface area contributed by atoms with Crippen molar-refractivity contribution in [3.63, 3.8) is 0 Å². The molecular formula is C14H21BFNO3. The molecule has 0 saturated carbocycles. The number of likely N-dealkylation sites (tertiary alicyclic amines) is 1. The first-order chi connectivity index (χ1) is 9.42. The number of methoxy groups -OCH3 is 1. The quantitative estimate of drug-likeness (QED) is 0.789. The van der Waals surface area contributed by atoms with Crippen LogP contribution in [0.1, 0.15) is 25.3 Å². The second kappa shape index (κ2) is 6.22. The van der Waals surface area contributed by atoms with Crippen molar-refractivity contribution < 1.29 is 19.2 Å². The van der Waals surface area contributed by atoms with E-state index in [-0.39, 0.29) is 11.1 Å². The Kier molecular flexibility index (Phi) is 4.80. The topological polar surface area (TPSA) is 52.9 Å². The number of nitrogens with zero attached hydrogens (tertiary/aromatic N) is 1. The van der Waals surface area contributed by atoms with Crippen LogP contribution in [0.2, 0.25) is 0 Å². The third kappa shape index (κ3) is 3.79. The van der Waals surface area contributed by atoms with Gasteiger partial charge in [0.25, 0.3) is 0 Å². The first kappa shape index (κ1) is 15.4. The van der Waals surface area contributed by atoms with Gasteiger partial charge in [-0.1, -0.05) is 6.07 Å². The van der Waals surface area contributed by atoms with E-state index < -0.39 is 12.9 Å². The second-order valence-electron chi connectivity index (χ2n) is 5.73. The minimum atomic E-state index is -1.64. The van der Waals surface area contributed by atoms with E-state index in [1.54, 1.807) is 13.2 Å². The van der Waals surface area contributed by atoms with E-state index in [0.717, 1.165) is 37.6 Å². The lowest BCUT2D eigenvalue weighted by Gasteiger charge is -2.39. The van der Waals surface area contributed by atoms with Crippen LogP contribution < -0.4 is 5.46 Å². The minimum Gasteiger partial charge on any atom is -0.423 e. The molecule has 4 nitrogen and oxygen atoms in total. The Labute approximate surface area is 119 Å². The normalized spacial score (nSPS) is 23.9. The molecule has 0 spiro atoms. The van der Waals surface area contributed by atoms with Gasteiger partial charge in [0.2, 0.25) is 0 Å². The lowest BCUT2D eigenvalue weighted by atomic mass is 9.79. The third-order valence-electron chi connectivity index (χ3n) is 3.92. The Hall–Kier alpha value is -0.945. The van der Waals surface area contributed by atoms with Gasteiger partial charge in [-0.05, 0) is 49.5 Å². The van der Waals surface area contributed by atoms with Gasteiger partial charge < -0.3 is 14.8 Å². The lowest BCUT2D eigenvalue weighted by molar-refractivity contribution is -0.0527. The van der Waals surface area contributed by atoms with Gasteiger partial charge in [0, 0.05) is 20.2 Å². The van der Waals surface area contributed by atoms with E-state index in [1.807, 2.05) is 0 Å². The van der Waals surface area contributed by atoms with Crippen molar-refractivity contribution in [1.29, 1.82) is 0 Å². The summed E-state index contributed by atoms with van der Waals surface area (Å²) in [4.78, 5) is 2.20. The van der Waals surface area contributed by atoms with Crippen molar-refractivity contribution in [2.24, 2.45) is 0 Å². The molecule has 110 valence electrons. The van der Waals surface area contributed by atoms with Crippen LogP contribution in [-0.4, -0.2) is 47.9 Å². The van der Waals surface area contributed by atoms with Crippen LogP contribution in [0, 0.1) is 5.82 Å². The van der Waals surface area contributed by atoms with Gasteiger partial charge >= 0.3 is 7.12 Å². The number of hydrogen-bond acceptors (Lipinski definition) is 4. The SMILES string of the molecule is COC1(C)CCCN(Cc2cc(F)cc(B(O)O)c2)C1. The highest BCUT2D eigenvalue weighted by molar-refractivity contribution is 6.58. The molecule has 1 heterocycles. The van der Waals surface area contributed by atoms with Crippen molar-refractivity contribution in [3.8, 4) is 0 Å². The molecule has 1 aliphatic heterocycles. The van der Waals surface area contributed by atoms with E-state index in [1.165, 1.54) is 6.07 Å². The van der Waals surface area contributed by atoms with Crippen molar-refractivity contribution in [3.05, 3.63) is 29.6 Å². The van der Waals surface area contributed by atoms with Gasteiger partial charge in [0.05, 0.1) is 5.60 Å². The first-order valence-corrected chi connectivity index (χ1v) is 6.85. The second-order valence-corrected chi connectivity index (χ2v) is 5.73. The molecule has 6 heteroatoms. The van der Waals surface area contributed by atoms with Gasteiger partial charge in [-0.25, -0.2) is 4.39 Å². The zero-order chi connectivity index (χ0) is 14.8. The fraction of sp³-hybridized carbons (Fsp3) is 0.571. The van der Waals surface area contributed by atoms with Crippen molar-refractivity contribution in [2.75, 3.05) is 20.2 Å². The maximum Gasteiger partial charge on any atom is 0.488 e. The van der Waals surface area contributed by atoms with Gasteiger partial charge in [-0.3, -0.25) is 4.90 Å². The first-order valence-electron chi connectivity index (χ1n) is 6.85. The Bertz CT molecular complexity index is 472.